The molecule has 2 aromatic carbocycles. The Kier molecular flexibility index (Phi) is 8.82. The first-order valence-electron chi connectivity index (χ1n) is 12.8. The minimum Gasteiger partial charge on any atom is -0.461 e. The predicted molar refractivity (Wildman–Crippen MR) is 154 cm³/mol. The van der Waals surface area contributed by atoms with Crippen molar-refractivity contribution in [3.8, 4) is 22.8 Å². The Morgan fingerprint density at radius 1 is 1.07 bits per heavy atom. The van der Waals surface area contributed by atoms with Crippen LogP contribution in [0.5, 0.6) is 11.5 Å². The molecule has 0 spiro atoms. The molecule has 0 radical (unpaired) electrons. The summed E-state index contributed by atoms with van der Waals surface area (Å²) in [6.45, 7) is 10.9. The highest BCUT2D eigenvalue weighted by Crippen LogP contribution is 2.41. The minimum atomic E-state index is -1.36. The molecule has 11 heteroatoms. The number of H-pyrrole nitrogens is 1. The van der Waals surface area contributed by atoms with Gasteiger partial charge in [-0.25, -0.2) is 13.6 Å². The van der Waals surface area contributed by atoms with E-state index in [4.69, 9.17) is 25.8 Å². The van der Waals surface area contributed by atoms with E-state index in [0.29, 0.717) is 39.4 Å². The molecule has 4 rings (SSSR count). The zero-order valence-electron chi connectivity index (χ0n) is 23.0. The maximum Gasteiger partial charge on any atom is 0.354 e. The van der Waals surface area contributed by atoms with Crippen LogP contribution in [0.1, 0.15) is 23.1 Å². The third-order valence-electron chi connectivity index (χ3n) is 6.35. The molecule has 0 atom stereocenters. The summed E-state index contributed by atoms with van der Waals surface area (Å²) in [6.07, 6.45) is 0. The number of aromatic amines is 1. The highest BCUT2D eigenvalue weighted by atomic mass is 35.5. The molecule has 0 bridgehead atoms. The number of esters is 1. The lowest BCUT2D eigenvalue weighted by molar-refractivity contribution is 0.0519. The third-order valence-corrected chi connectivity index (χ3v) is 8.29. The van der Waals surface area contributed by atoms with Crippen molar-refractivity contribution in [3.63, 3.8) is 0 Å². The Hall–Kier alpha value is -3.47. The summed E-state index contributed by atoms with van der Waals surface area (Å²) in [4.78, 5) is 28.4. The van der Waals surface area contributed by atoms with Crippen molar-refractivity contribution in [2.24, 2.45) is 0 Å². The first-order valence-corrected chi connectivity index (χ1v) is 16.9. The summed E-state index contributed by atoms with van der Waals surface area (Å²) in [5.41, 5.74) is 0.995. The maximum atomic E-state index is 14.5. The minimum absolute atomic E-state index is 0.0218. The SMILES string of the molecule is CCOC(=O)c1cc2c(-c3cc(Cl)ccc3Oc3ccc(F)cc3F)n(COCC[Si](C)(C)C)c(C)c2c(=O)[nH]1. The molecule has 2 heterocycles. The first-order chi connectivity index (χ1) is 18.9. The molecule has 0 saturated heterocycles. The van der Waals surface area contributed by atoms with E-state index in [1.54, 1.807) is 42.7 Å². The molecule has 212 valence electrons. The quantitative estimate of drug-likeness (QED) is 0.118. The fourth-order valence-corrected chi connectivity index (χ4v) is 5.24. The van der Waals surface area contributed by atoms with Crippen LogP contribution in [0.4, 0.5) is 8.78 Å². The van der Waals surface area contributed by atoms with Gasteiger partial charge in [0.2, 0.25) is 0 Å². The second-order valence-corrected chi connectivity index (χ2v) is 16.6. The van der Waals surface area contributed by atoms with Crippen LogP contribution in [0.15, 0.2) is 47.3 Å². The number of pyridine rings is 1. The summed E-state index contributed by atoms with van der Waals surface area (Å²) in [5, 5.41) is 1.14. The van der Waals surface area contributed by atoms with Gasteiger partial charge in [0.05, 0.1) is 17.7 Å². The molecule has 2 aromatic heterocycles. The summed E-state index contributed by atoms with van der Waals surface area (Å²) in [6, 6.07) is 10.2. The predicted octanol–water partition coefficient (Wildman–Crippen LogP) is 7.52. The van der Waals surface area contributed by atoms with Gasteiger partial charge in [-0.05, 0) is 56.3 Å². The van der Waals surface area contributed by atoms with Gasteiger partial charge < -0.3 is 23.8 Å². The number of carbonyl (C=O) groups is 1. The van der Waals surface area contributed by atoms with E-state index in [0.717, 1.165) is 18.2 Å². The molecular weight excluding hydrogens is 558 g/mol. The Labute approximate surface area is 236 Å². The average Bonchev–Trinajstić information content (AvgIpc) is 3.15. The smallest absolute Gasteiger partial charge is 0.354 e. The lowest BCUT2D eigenvalue weighted by atomic mass is 10.1. The van der Waals surface area contributed by atoms with Crippen LogP contribution in [0, 0.1) is 18.6 Å². The molecule has 4 aromatic rings. The van der Waals surface area contributed by atoms with E-state index in [1.165, 1.54) is 6.07 Å². The monoisotopic (exact) mass is 588 g/mol. The second kappa shape index (κ2) is 12.0. The van der Waals surface area contributed by atoms with E-state index >= 15 is 0 Å². The highest BCUT2D eigenvalue weighted by Gasteiger charge is 2.24. The summed E-state index contributed by atoms with van der Waals surface area (Å²) in [7, 11) is -1.36. The van der Waals surface area contributed by atoms with Crippen molar-refractivity contribution in [1.82, 2.24) is 9.55 Å². The molecule has 0 aliphatic rings. The summed E-state index contributed by atoms with van der Waals surface area (Å²) < 4.78 is 47.0. The molecule has 0 fully saturated rings. The zero-order chi connectivity index (χ0) is 29.2. The standard InChI is InChI=1S/C29H31ClF2N2O5Si/c1-6-38-29(36)23-15-21-26(28(35)33-23)17(2)34(16-37-11-12-40(3,4)5)27(21)20-13-18(30)7-9-24(20)39-25-10-8-19(31)14-22(25)32/h7-10,13-15H,6,11-12,16H2,1-5H3,(H,33,35). The first kappa shape index (κ1) is 29.5. The van der Waals surface area contributed by atoms with Crippen molar-refractivity contribution < 1.29 is 27.8 Å². The number of aryl methyl sites for hydroxylation is 1. The Morgan fingerprint density at radius 2 is 1.80 bits per heavy atom. The van der Waals surface area contributed by atoms with Crippen LogP contribution in [-0.2, 0) is 16.2 Å². The van der Waals surface area contributed by atoms with Crippen molar-refractivity contribution in [2.75, 3.05) is 13.2 Å². The molecule has 0 unspecified atom stereocenters. The van der Waals surface area contributed by atoms with Crippen molar-refractivity contribution in [2.45, 2.75) is 46.3 Å². The number of rotatable bonds is 10. The van der Waals surface area contributed by atoms with Crippen LogP contribution in [0.25, 0.3) is 22.0 Å². The molecule has 0 aliphatic heterocycles. The number of hydrogen-bond acceptors (Lipinski definition) is 5. The number of fused-ring (bicyclic) bond motifs is 1. The van der Waals surface area contributed by atoms with Gasteiger partial charge >= 0.3 is 5.97 Å². The number of aromatic nitrogens is 2. The molecule has 1 N–H and O–H groups in total. The number of hydrogen-bond donors (Lipinski definition) is 1. The Morgan fingerprint density at radius 3 is 2.48 bits per heavy atom. The van der Waals surface area contributed by atoms with Gasteiger partial charge in [-0.1, -0.05) is 31.2 Å². The fourth-order valence-electron chi connectivity index (χ4n) is 4.31. The lowest BCUT2D eigenvalue weighted by Crippen LogP contribution is -2.22. The van der Waals surface area contributed by atoms with E-state index in [2.05, 4.69) is 24.6 Å². The van der Waals surface area contributed by atoms with Crippen LogP contribution in [-0.4, -0.2) is 36.8 Å². The lowest BCUT2D eigenvalue weighted by Gasteiger charge is -2.18. The topological polar surface area (TPSA) is 82.5 Å². The Bertz CT molecular complexity index is 1630. The van der Waals surface area contributed by atoms with Gasteiger partial charge in [0.15, 0.2) is 11.6 Å². The van der Waals surface area contributed by atoms with E-state index in [1.807, 2.05) is 0 Å². The Balaban J connectivity index is 1.93. The summed E-state index contributed by atoms with van der Waals surface area (Å²) >= 11 is 6.41. The van der Waals surface area contributed by atoms with Gasteiger partial charge in [-0.3, -0.25) is 4.79 Å². The summed E-state index contributed by atoms with van der Waals surface area (Å²) in [5.74, 6) is -2.29. The van der Waals surface area contributed by atoms with Gasteiger partial charge in [0.25, 0.3) is 5.56 Å². The molecule has 7 nitrogen and oxygen atoms in total. The zero-order valence-corrected chi connectivity index (χ0v) is 24.7. The van der Waals surface area contributed by atoms with Crippen molar-refractivity contribution >= 4 is 36.4 Å². The van der Waals surface area contributed by atoms with Gasteiger partial charge in [-0.2, -0.15) is 0 Å². The molecule has 0 saturated carbocycles. The van der Waals surface area contributed by atoms with Crippen LogP contribution >= 0.6 is 11.6 Å². The van der Waals surface area contributed by atoms with E-state index in [9.17, 15) is 18.4 Å². The largest absolute Gasteiger partial charge is 0.461 e. The average molecular weight is 589 g/mol. The van der Waals surface area contributed by atoms with Gasteiger partial charge in [0.1, 0.15) is 24.0 Å². The molecule has 0 aliphatic carbocycles. The number of benzene rings is 2. The van der Waals surface area contributed by atoms with E-state index < -0.39 is 31.2 Å². The van der Waals surface area contributed by atoms with Gasteiger partial charge in [-0.15, -0.1) is 0 Å². The number of ether oxygens (including phenoxy) is 3. The number of nitrogens with zero attached hydrogens (tertiary/aromatic N) is 1. The van der Waals surface area contributed by atoms with Gasteiger partial charge in [0, 0.05) is 42.4 Å². The van der Waals surface area contributed by atoms with Crippen molar-refractivity contribution in [3.05, 3.63) is 80.9 Å². The fraction of sp³-hybridized carbons (Fsp3) is 0.310. The van der Waals surface area contributed by atoms with E-state index in [-0.39, 0.29) is 30.5 Å². The van der Waals surface area contributed by atoms with Crippen LogP contribution < -0.4 is 10.3 Å². The van der Waals surface area contributed by atoms with Crippen LogP contribution in [0.2, 0.25) is 30.7 Å². The second-order valence-electron chi connectivity index (χ2n) is 10.5. The number of carbonyl (C=O) groups excluding carboxylic acids is 1. The molecule has 40 heavy (non-hydrogen) atoms. The van der Waals surface area contributed by atoms with Crippen LogP contribution in [0.3, 0.4) is 0 Å². The third kappa shape index (κ3) is 6.46. The van der Waals surface area contributed by atoms with Crippen molar-refractivity contribution in [1.29, 1.82) is 0 Å². The highest BCUT2D eigenvalue weighted by molar-refractivity contribution is 6.76. The number of nitrogens with one attached hydrogen (secondary N) is 1. The number of halogens is 3. The molecular formula is C29H31ClF2N2O5Si. The normalized spacial score (nSPS) is 11.7. The maximum absolute atomic E-state index is 14.5. The molecule has 0 amide bonds.